The summed E-state index contributed by atoms with van der Waals surface area (Å²) >= 11 is 10.5. The number of benzene rings is 1. The third-order valence-corrected chi connectivity index (χ3v) is 9.37. The Labute approximate surface area is 226 Å². The summed E-state index contributed by atoms with van der Waals surface area (Å²) in [6, 6.07) is 7.23. The number of aromatic nitrogens is 2. The van der Waals surface area contributed by atoms with Gasteiger partial charge in [-0.1, -0.05) is 42.4 Å². The summed E-state index contributed by atoms with van der Waals surface area (Å²) in [4.78, 5) is 37.2. The Bertz CT molecular complexity index is 1430. The second kappa shape index (κ2) is 10.9. The normalized spacial score (nSPS) is 15.0. The van der Waals surface area contributed by atoms with E-state index in [0.717, 1.165) is 40.1 Å². The highest BCUT2D eigenvalue weighted by molar-refractivity contribution is 8.00. The van der Waals surface area contributed by atoms with Gasteiger partial charge in [-0.05, 0) is 55.4 Å². The van der Waals surface area contributed by atoms with Gasteiger partial charge in [0.1, 0.15) is 26.7 Å². The maximum absolute atomic E-state index is 13.0. The van der Waals surface area contributed by atoms with Gasteiger partial charge in [-0.15, -0.1) is 22.7 Å². The van der Waals surface area contributed by atoms with Gasteiger partial charge in [0.05, 0.1) is 12.4 Å². The van der Waals surface area contributed by atoms with Crippen LogP contribution in [-0.4, -0.2) is 34.2 Å². The number of carbonyl (C=O) groups excluding carboxylic acids is 2. The van der Waals surface area contributed by atoms with Gasteiger partial charge in [-0.2, -0.15) is 0 Å². The molecule has 4 aromatic rings. The second-order valence-corrected chi connectivity index (χ2v) is 12.0. The van der Waals surface area contributed by atoms with Crippen LogP contribution in [0.1, 0.15) is 41.1 Å². The Balaban J connectivity index is 1.36. The maximum Gasteiger partial charge on any atom is 0.341 e. The average molecular weight is 558 g/mol. The van der Waals surface area contributed by atoms with Gasteiger partial charge in [-0.25, -0.2) is 14.8 Å². The molecule has 1 aromatic carbocycles. The third kappa shape index (κ3) is 5.16. The van der Waals surface area contributed by atoms with Gasteiger partial charge in [0.25, 0.3) is 0 Å². The molecule has 186 valence electrons. The molecule has 0 aliphatic heterocycles. The molecule has 1 aliphatic rings. The smallest absolute Gasteiger partial charge is 0.341 e. The fourth-order valence-electron chi connectivity index (χ4n) is 4.35. The highest BCUT2D eigenvalue weighted by Crippen LogP contribution is 2.41. The highest BCUT2D eigenvalue weighted by atomic mass is 35.5. The van der Waals surface area contributed by atoms with Crippen molar-refractivity contribution < 1.29 is 14.3 Å². The van der Waals surface area contributed by atoms with Crippen LogP contribution in [0.15, 0.2) is 41.0 Å². The van der Waals surface area contributed by atoms with Crippen molar-refractivity contribution in [3.05, 3.63) is 57.0 Å². The van der Waals surface area contributed by atoms with Crippen molar-refractivity contribution in [1.82, 2.24) is 9.97 Å². The Hall–Kier alpha value is -2.46. The van der Waals surface area contributed by atoms with Crippen molar-refractivity contribution in [2.75, 3.05) is 17.7 Å². The molecule has 0 radical (unpaired) electrons. The zero-order valence-corrected chi connectivity index (χ0v) is 23.0. The number of esters is 1. The molecule has 1 amide bonds. The van der Waals surface area contributed by atoms with Crippen LogP contribution in [0, 0.1) is 5.92 Å². The summed E-state index contributed by atoms with van der Waals surface area (Å²) < 4.78 is 5.29. The number of anilines is 1. The molecule has 3 heterocycles. The minimum atomic E-state index is -0.469. The molecule has 1 aliphatic carbocycles. The number of rotatable bonds is 7. The SMILES string of the molecule is CCOC(=O)c1c(-c2ccc(Cl)cc2)csc1NC(=O)CSc1ncnc2sc3c(c12)CCC(C)C3. The van der Waals surface area contributed by atoms with Crippen molar-refractivity contribution in [2.45, 2.75) is 38.1 Å². The van der Waals surface area contributed by atoms with Crippen molar-refractivity contribution in [2.24, 2.45) is 5.92 Å². The predicted octanol–water partition coefficient (Wildman–Crippen LogP) is 7.11. The summed E-state index contributed by atoms with van der Waals surface area (Å²) in [6.45, 7) is 4.28. The van der Waals surface area contributed by atoms with Gasteiger partial charge < -0.3 is 10.1 Å². The molecule has 36 heavy (non-hydrogen) atoms. The van der Waals surface area contributed by atoms with E-state index in [0.29, 0.717) is 27.1 Å². The van der Waals surface area contributed by atoms with Crippen LogP contribution in [0.4, 0.5) is 5.00 Å². The van der Waals surface area contributed by atoms with Crippen LogP contribution < -0.4 is 5.32 Å². The van der Waals surface area contributed by atoms with Crippen LogP contribution >= 0.6 is 46.0 Å². The molecule has 6 nitrogen and oxygen atoms in total. The number of hydrogen-bond donors (Lipinski definition) is 1. The van der Waals surface area contributed by atoms with Gasteiger partial charge in [0.2, 0.25) is 5.91 Å². The highest BCUT2D eigenvalue weighted by Gasteiger charge is 2.25. The van der Waals surface area contributed by atoms with Crippen molar-refractivity contribution in [3.8, 4) is 11.1 Å². The molecule has 5 rings (SSSR count). The molecule has 0 saturated carbocycles. The zero-order chi connectivity index (χ0) is 25.2. The van der Waals surface area contributed by atoms with Gasteiger partial charge >= 0.3 is 5.97 Å². The Kier molecular flexibility index (Phi) is 7.62. The van der Waals surface area contributed by atoms with E-state index < -0.39 is 5.97 Å². The fraction of sp³-hybridized carbons (Fsp3) is 0.308. The molecular formula is C26H24ClN3O3S3. The molecule has 1 unspecified atom stereocenters. The first-order chi connectivity index (χ1) is 17.4. The number of halogens is 1. The van der Waals surface area contributed by atoms with Crippen LogP contribution in [-0.2, 0) is 22.4 Å². The number of ether oxygens (including phenoxy) is 1. The first kappa shape index (κ1) is 25.2. The molecule has 0 bridgehead atoms. The third-order valence-electron chi connectivity index (χ3n) is 6.08. The van der Waals surface area contributed by atoms with E-state index in [-0.39, 0.29) is 18.3 Å². The molecule has 1 atom stereocenters. The largest absolute Gasteiger partial charge is 0.462 e. The standard InChI is InChI=1S/C26H24ClN3O3S3/c1-3-33-26(32)22-18(15-5-7-16(27)8-6-15)11-34-25(22)30-20(31)12-35-23-21-17-9-4-14(2)10-19(17)36-24(21)29-13-28-23/h5-8,11,13-14H,3-4,9-10,12H2,1-2H3,(H,30,31). The molecule has 1 N–H and O–H groups in total. The van der Waals surface area contributed by atoms with Crippen LogP contribution in [0.3, 0.4) is 0 Å². The van der Waals surface area contributed by atoms with Crippen LogP contribution in [0.25, 0.3) is 21.3 Å². The Morgan fingerprint density at radius 1 is 1.25 bits per heavy atom. The van der Waals surface area contributed by atoms with E-state index >= 15 is 0 Å². The molecule has 10 heteroatoms. The number of nitrogens with one attached hydrogen (secondary N) is 1. The number of carbonyl (C=O) groups is 2. The first-order valence-corrected chi connectivity index (χ1v) is 14.7. The second-order valence-electron chi connectivity index (χ2n) is 8.63. The topological polar surface area (TPSA) is 81.2 Å². The monoisotopic (exact) mass is 557 g/mol. The maximum atomic E-state index is 13.0. The summed E-state index contributed by atoms with van der Waals surface area (Å²) in [5.74, 6) is 0.171. The van der Waals surface area contributed by atoms with Crippen LogP contribution in [0.5, 0.6) is 0 Å². The Morgan fingerprint density at radius 2 is 2.06 bits per heavy atom. The number of thiophene rings is 2. The number of aryl methyl sites for hydroxylation is 1. The molecule has 0 spiro atoms. The van der Waals surface area contributed by atoms with Crippen molar-refractivity contribution in [1.29, 1.82) is 0 Å². The van der Waals surface area contributed by atoms with Gasteiger partial charge in [0, 0.05) is 26.2 Å². The summed E-state index contributed by atoms with van der Waals surface area (Å²) in [5, 5.41) is 7.78. The van der Waals surface area contributed by atoms with E-state index in [1.807, 2.05) is 17.5 Å². The molecule has 0 saturated heterocycles. The number of fused-ring (bicyclic) bond motifs is 3. The lowest BCUT2D eigenvalue weighted by Gasteiger charge is -2.18. The van der Waals surface area contributed by atoms with Crippen LogP contribution in [0.2, 0.25) is 5.02 Å². The van der Waals surface area contributed by atoms with E-state index in [1.165, 1.54) is 33.5 Å². The average Bonchev–Trinajstić information content (AvgIpc) is 3.44. The van der Waals surface area contributed by atoms with E-state index in [4.69, 9.17) is 16.3 Å². The van der Waals surface area contributed by atoms with E-state index in [9.17, 15) is 9.59 Å². The lowest BCUT2D eigenvalue weighted by molar-refractivity contribution is -0.113. The molecule has 3 aromatic heterocycles. The fourth-order valence-corrected chi connectivity index (χ4v) is 7.69. The van der Waals surface area contributed by atoms with Gasteiger partial charge in [-0.3, -0.25) is 4.79 Å². The molecule has 0 fully saturated rings. The summed E-state index contributed by atoms with van der Waals surface area (Å²) in [7, 11) is 0. The number of nitrogens with zero attached hydrogens (tertiary/aromatic N) is 2. The lowest BCUT2D eigenvalue weighted by atomic mass is 9.89. The van der Waals surface area contributed by atoms with Crippen molar-refractivity contribution >= 4 is 73.1 Å². The minimum absolute atomic E-state index is 0.170. The van der Waals surface area contributed by atoms with E-state index in [1.54, 1.807) is 36.7 Å². The lowest BCUT2D eigenvalue weighted by Crippen LogP contribution is -2.16. The summed E-state index contributed by atoms with van der Waals surface area (Å²) in [5.41, 5.74) is 3.23. The number of hydrogen-bond acceptors (Lipinski definition) is 8. The number of amides is 1. The predicted molar refractivity (Wildman–Crippen MR) is 149 cm³/mol. The van der Waals surface area contributed by atoms with Crippen molar-refractivity contribution in [3.63, 3.8) is 0 Å². The zero-order valence-electron chi connectivity index (χ0n) is 19.8. The quantitative estimate of drug-likeness (QED) is 0.148. The first-order valence-electron chi connectivity index (χ1n) is 11.7. The summed E-state index contributed by atoms with van der Waals surface area (Å²) in [6.07, 6.45) is 4.83. The van der Waals surface area contributed by atoms with E-state index in [2.05, 4.69) is 22.2 Å². The van der Waals surface area contributed by atoms with Gasteiger partial charge in [0.15, 0.2) is 0 Å². The molecular weight excluding hydrogens is 534 g/mol. The number of thioether (sulfide) groups is 1. The Morgan fingerprint density at radius 3 is 2.83 bits per heavy atom. The minimum Gasteiger partial charge on any atom is -0.462 e.